The lowest BCUT2D eigenvalue weighted by atomic mass is 10.4. The fourth-order valence-corrected chi connectivity index (χ4v) is 1.61. The molecule has 0 atom stereocenters. The van der Waals surface area contributed by atoms with Crippen LogP contribution in [0.25, 0.3) is 0 Å². The van der Waals surface area contributed by atoms with Gasteiger partial charge in [0.15, 0.2) is 0 Å². The van der Waals surface area contributed by atoms with Gasteiger partial charge in [-0.15, -0.1) is 11.6 Å². The van der Waals surface area contributed by atoms with Gasteiger partial charge >= 0.3 is 0 Å². The minimum atomic E-state index is 0.665. The van der Waals surface area contributed by atoms with Crippen LogP contribution in [0.1, 0.15) is 19.2 Å². The van der Waals surface area contributed by atoms with E-state index in [1.165, 1.54) is 0 Å². The van der Waals surface area contributed by atoms with Crippen molar-refractivity contribution in [3.05, 3.63) is 12.2 Å². The van der Waals surface area contributed by atoms with E-state index in [9.17, 15) is 0 Å². The highest BCUT2D eigenvalue weighted by molar-refractivity contribution is 6.18. The quantitative estimate of drug-likeness (QED) is 0.672. The van der Waals surface area contributed by atoms with Gasteiger partial charge in [0.25, 0.3) is 0 Å². The summed E-state index contributed by atoms with van der Waals surface area (Å²) in [5.41, 5.74) is 0. The van der Waals surface area contributed by atoms with E-state index in [0.29, 0.717) is 5.88 Å². The van der Waals surface area contributed by atoms with Gasteiger partial charge in [0.05, 0.1) is 6.54 Å². The molecule has 14 heavy (non-hydrogen) atoms. The molecule has 0 radical (unpaired) electrons. The predicted molar refractivity (Wildman–Crippen MR) is 57.3 cm³/mol. The van der Waals surface area contributed by atoms with Crippen LogP contribution in [0.4, 0.5) is 0 Å². The molecule has 0 aromatic carbocycles. The van der Waals surface area contributed by atoms with Gasteiger partial charge in [-0.3, -0.25) is 9.58 Å². The third-order valence-electron chi connectivity index (χ3n) is 2.11. The van der Waals surface area contributed by atoms with Gasteiger partial charge in [0, 0.05) is 19.5 Å². The standard InChI is InChI=1S/C9H17ClN4/c1-3-5-14(6-4-10)7-9-11-8-12-13(9)2/h8H,3-7H2,1-2H3. The van der Waals surface area contributed by atoms with Crippen molar-refractivity contribution in [3.63, 3.8) is 0 Å². The van der Waals surface area contributed by atoms with Gasteiger partial charge < -0.3 is 0 Å². The highest BCUT2D eigenvalue weighted by Gasteiger charge is 2.07. The van der Waals surface area contributed by atoms with Crippen molar-refractivity contribution < 1.29 is 0 Å². The highest BCUT2D eigenvalue weighted by Crippen LogP contribution is 2.01. The number of hydrogen-bond donors (Lipinski definition) is 0. The maximum absolute atomic E-state index is 5.73. The molecule has 0 bridgehead atoms. The zero-order valence-corrected chi connectivity index (χ0v) is 9.54. The molecule has 0 saturated carbocycles. The minimum absolute atomic E-state index is 0.665. The summed E-state index contributed by atoms with van der Waals surface area (Å²) in [7, 11) is 1.91. The van der Waals surface area contributed by atoms with Gasteiger partial charge in [-0.05, 0) is 13.0 Å². The Bertz CT molecular complexity index is 255. The zero-order valence-electron chi connectivity index (χ0n) is 8.78. The maximum Gasteiger partial charge on any atom is 0.140 e. The Labute approximate surface area is 89.9 Å². The van der Waals surface area contributed by atoms with Gasteiger partial charge in [0.2, 0.25) is 0 Å². The largest absolute Gasteiger partial charge is 0.295 e. The molecule has 0 N–H and O–H groups in total. The van der Waals surface area contributed by atoms with Crippen LogP contribution in [-0.4, -0.2) is 38.6 Å². The number of halogens is 1. The van der Waals surface area contributed by atoms with Crippen LogP contribution in [0.5, 0.6) is 0 Å². The molecule has 0 aliphatic heterocycles. The van der Waals surface area contributed by atoms with Crippen LogP contribution in [0.3, 0.4) is 0 Å². The van der Waals surface area contributed by atoms with Crippen LogP contribution in [-0.2, 0) is 13.6 Å². The molecule has 5 heteroatoms. The Morgan fingerprint density at radius 1 is 1.50 bits per heavy atom. The van der Waals surface area contributed by atoms with Crippen molar-refractivity contribution in [3.8, 4) is 0 Å². The molecule has 4 nitrogen and oxygen atoms in total. The Morgan fingerprint density at radius 2 is 2.29 bits per heavy atom. The van der Waals surface area contributed by atoms with E-state index in [1.807, 2.05) is 7.05 Å². The summed E-state index contributed by atoms with van der Waals surface area (Å²) in [6.07, 6.45) is 2.72. The molecular weight excluding hydrogens is 200 g/mol. The van der Waals surface area contributed by atoms with Crippen molar-refractivity contribution in [2.75, 3.05) is 19.0 Å². The second kappa shape index (κ2) is 5.98. The SMILES string of the molecule is CCCN(CCCl)Cc1ncnn1C. The van der Waals surface area contributed by atoms with Crippen LogP contribution < -0.4 is 0 Å². The molecule has 1 rings (SSSR count). The van der Waals surface area contributed by atoms with E-state index in [-0.39, 0.29) is 0 Å². The van der Waals surface area contributed by atoms with E-state index in [0.717, 1.165) is 31.9 Å². The Balaban J connectivity index is 2.50. The average Bonchev–Trinajstić information content (AvgIpc) is 2.53. The fourth-order valence-electron chi connectivity index (χ4n) is 1.37. The first-order chi connectivity index (χ1) is 6.77. The Hall–Kier alpha value is -0.610. The Morgan fingerprint density at radius 3 is 2.79 bits per heavy atom. The molecule has 0 saturated heterocycles. The number of alkyl halides is 1. The number of hydrogen-bond acceptors (Lipinski definition) is 3. The summed E-state index contributed by atoms with van der Waals surface area (Å²) < 4.78 is 1.80. The highest BCUT2D eigenvalue weighted by atomic mass is 35.5. The van der Waals surface area contributed by atoms with E-state index < -0.39 is 0 Å². The molecule has 0 amide bonds. The van der Waals surface area contributed by atoms with Crippen molar-refractivity contribution >= 4 is 11.6 Å². The molecule has 1 aromatic heterocycles. The zero-order chi connectivity index (χ0) is 10.4. The second-order valence-corrected chi connectivity index (χ2v) is 3.64. The molecule has 1 heterocycles. The van der Waals surface area contributed by atoms with E-state index in [1.54, 1.807) is 11.0 Å². The normalized spacial score (nSPS) is 11.1. The summed E-state index contributed by atoms with van der Waals surface area (Å²) in [4.78, 5) is 6.48. The summed E-state index contributed by atoms with van der Waals surface area (Å²) in [6, 6.07) is 0. The summed E-state index contributed by atoms with van der Waals surface area (Å²) >= 11 is 5.73. The van der Waals surface area contributed by atoms with Crippen molar-refractivity contribution in [2.24, 2.45) is 7.05 Å². The first-order valence-corrected chi connectivity index (χ1v) is 5.42. The molecule has 1 aromatic rings. The van der Waals surface area contributed by atoms with Gasteiger partial charge in [-0.25, -0.2) is 4.98 Å². The lowest BCUT2D eigenvalue weighted by Gasteiger charge is -2.19. The van der Waals surface area contributed by atoms with Gasteiger partial charge in [0.1, 0.15) is 12.2 Å². The summed E-state index contributed by atoms with van der Waals surface area (Å²) in [6.45, 7) is 4.96. The first-order valence-electron chi connectivity index (χ1n) is 4.89. The van der Waals surface area contributed by atoms with Crippen LogP contribution in [0.15, 0.2) is 6.33 Å². The monoisotopic (exact) mass is 216 g/mol. The number of nitrogens with zero attached hydrogens (tertiary/aromatic N) is 4. The maximum atomic E-state index is 5.73. The molecule has 80 valence electrons. The molecule has 0 aliphatic rings. The lowest BCUT2D eigenvalue weighted by molar-refractivity contribution is 0.271. The van der Waals surface area contributed by atoms with Crippen molar-refractivity contribution in [1.82, 2.24) is 19.7 Å². The molecule has 0 unspecified atom stereocenters. The number of rotatable bonds is 6. The third-order valence-corrected chi connectivity index (χ3v) is 2.28. The lowest BCUT2D eigenvalue weighted by Crippen LogP contribution is -2.27. The van der Waals surface area contributed by atoms with Crippen molar-refractivity contribution in [1.29, 1.82) is 0 Å². The molecular formula is C9H17ClN4. The minimum Gasteiger partial charge on any atom is -0.295 e. The van der Waals surface area contributed by atoms with Gasteiger partial charge in [-0.1, -0.05) is 6.92 Å². The van der Waals surface area contributed by atoms with E-state index in [2.05, 4.69) is 21.9 Å². The van der Waals surface area contributed by atoms with Crippen LogP contribution in [0, 0.1) is 0 Å². The predicted octanol–water partition coefficient (Wildman–Crippen LogP) is 1.27. The summed E-state index contributed by atoms with van der Waals surface area (Å²) in [5, 5.41) is 4.04. The van der Waals surface area contributed by atoms with Crippen molar-refractivity contribution in [2.45, 2.75) is 19.9 Å². The fraction of sp³-hybridized carbons (Fsp3) is 0.778. The molecule has 0 aliphatic carbocycles. The first kappa shape index (κ1) is 11.5. The summed E-state index contributed by atoms with van der Waals surface area (Å²) in [5.74, 6) is 1.65. The second-order valence-electron chi connectivity index (χ2n) is 3.27. The smallest absolute Gasteiger partial charge is 0.140 e. The van der Waals surface area contributed by atoms with E-state index >= 15 is 0 Å². The average molecular weight is 217 g/mol. The molecule has 0 spiro atoms. The number of aryl methyl sites for hydroxylation is 1. The third kappa shape index (κ3) is 3.27. The van der Waals surface area contributed by atoms with Crippen LogP contribution >= 0.6 is 11.6 Å². The molecule has 0 fully saturated rings. The topological polar surface area (TPSA) is 34.0 Å². The van der Waals surface area contributed by atoms with Crippen LogP contribution in [0.2, 0.25) is 0 Å². The number of aromatic nitrogens is 3. The van der Waals surface area contributed by atoms with E-state index in [4.69, 9.17) is 11.6 Å². The Kier molecular flexibility index (Phi) is 4.90. The van der Waals surface area contributed by atoms with Gasteiger partial charge in [-0.2, -0.15) is 5.10 Å².